The number of fused-ring (bicyclic) bond motifs is 1. The first-order valence-electron chi connectivity index (χ1n) is 9.79. The Morgan fingerprint density at radius 1 is 1.10 bits per heavy atom. The Balaban J connectivity index is 1.47. The molecule has 150 valence electrons. The Morgan fingerprint density at radius 3 is 2.66 bits per heavy atom. The van der Waals surface area contributed by atoms with Crippen molar-refractivity contribution in [3.8, 4) is 0 Å². The van der Waals surface area contributed by atoms with E-state index in [1.165, 1.54) is 15.3 Å². The molecule has 1 aromatic carbocycles. The molecular weight excluding hydrogens is 400 g/mol. The van der Waals surface area contributed by atoms with Gasteiger partial charge in [-0.3, -0.25) is 14.5 Å². The average Bonchev–Trinajstić information content (AvgIpc) is 3.40. The van der Waals surface area contributed by atoms with Gasteiger partial charge in [-0.25, -0.2) is 0 Å². The monoisotopic (exact) mass is 424 g/mol. The standard InChI is InChI=1S/C23H24N2O2S2/c1-16(26)19(14-17-6-3-2-4-7-17)24-22(27)15-25-11-9-20-18(10-13-29-20)23(25)21-8-5-12-28-21/h2-8,10,12-13,19,23H,9,11,14-15H2,1H3,(H,24,27)/t19-,23-/m0/s1. The molecule has 0 radical (unpaired) electrons. The van der Waals surface area contributed by atoms with E-state index in [0.29, 0.717) is 6.42 Å². The average molecular weight is 425 g/mol. The van der Waals surface area contributed by atoms with Crippen molar-refractivity contribution in [2.45, 2.75) is 31.8 Å². The highest BCUT2D eigenvalue weighted by Gasteiger charge is 2.32. The van der Waals surface area contributed by atoms with Gasteiger partial charge in [0, 0.05) is 16.3 Å². The van der Waals surface area contributed by atoms with Gasteiger partial charge in [0.1, 0.15) is 0 Å². The SMILES string of the molecule is CC(=O)[C@H](Cc1ccccc1)NC(=O)CN1CCc2sccc2[C@H]1c1cccs1. The van der Waals surface area contributed by atoms with Crippen LogP contribution in [0.5, 0.6) is 0 Å². The van der Waals surface area contributed by atoms with Gasteiger partial charge < -0.3 is 5.32 Å². The Hall–Kier alpha value is -2.28. The van der Waals surface area contributed by atoms with Gasteiger partial charge in [-0.2, -0.15) is 0 Å². The minimum atomic E-state index is -0.494. The number of thiophene rings is 2. The number of rotatable bonds is 7. The highest BCUT2D eigenvalue weighted by atomic mass is 32.1. The summed E-state index contributed by atoms with van der Waals surface area (Å²) in [6.45, 7) is 2.67. The first-order chi connectivity index (χ1) is 14.1. The first-order valence-corrected chi connectivity index (χ1v) is 11.5. The van der Waals surface area contributed by atoms with Gasteiger partial charge in [-0.05, 0) is 53.8 Å². The fraction of sp³-hybridized carbons (Fsp3) is 0.304. The zero-order valence-corrected chi connectivity index (χ0v) is 18.0. The van der Waals surface area contributed by atoms with Crippen LogP contribution in [0.3, 0.4) is 0 Å². The van der Waals surface area contributed by atoms with Crippen LogP contribution in [0.25, 0.3) is 0 Å². The third-order valence-electron chi connectivity index (χ3n) is 5.33. The topological polar surface area (TPSA) is 49.4 Å². The van der Waals surface area contributed by atoms with Crippen molar-refractivity contribution in [3.63, 3.8) is 0 Å². The molecule has 1 N–H and O–H groups in total. The summed E-state index contributed by atoms with van der Waals surface area (Å²) in [5.41, 5.74) is 2.36. The van der Waals surface area contributed by atoms with Crippen LogP contribution in [0.15, 0.2) is 59.3 Å². The van der Waals surface area contributed by atoms with Gasteiger partial charge in [0.2, 0.25) is 5.91 Å². The van der Waals surface area contributed by atoms with E-state index in [1.54, 1.807) is 29.6 Å². The summed E-state index contributed by atoms with van der Waals surface area (Å²) in [6, 6.07) is 15.8. The molecular formula is C23H24N2O2S2. The van der Waals surface area contributed by atoms with Crippen LogP contribution in [0.2, 0.25) is 0 Å². The maximum Gasteiger partial charge on any atom is 0.234 e. The summed E-state index contributed by atoms with van der Waals surface area (Å²) in [4.78, 5) is 29.9. The largest absolute Gasteiger partial charge is 0.345 e. The Kier molecular flexibility index (Phi) is 6.23. The van der Waals surface area contributed by atoms with Crippen LogP contribution < -0.4 is 5.32 Å². The lowest BCUT2D eigenvalue weighted by molar-refractivity contribution is -0.127. The smallest absolute Gasteiger partial charge is 0.234 e. The summed E-state index contributed by atoms with van der Waals surface area (Å²) in [5, 5.41) is 7.19. The van der Waals surface area contributed by atoms with E-state index in [2.05, 4.69) is 39.2 Å². The number of carbonyl (C=O) groups is 2. The molecule has 0 fully saturated rings. The molecule has 4 nitrogen and oxygen atoms in total. The molecule has 0 bridgehead atoms. The molecule has 3 aromatic rings. The van der Waals surface area contributed by atoms with E-state index in [0.717, 1.165) is 18.5 Å². The minimum absolute atomic E-state index is 0.0178. The molecule has 2 aromatic heterocycles. The second-order valence-electron chi connectivity index (χ2n) is 7.36. The van der Waals surface area contributed by atoms with Crippen molar-refractivity contribution in [3.05, 3.63) is 80.2 Å². The number of nitrogens with zero attached hydrogens (tertiary/aromatic N) is 1. The second kappa shape index (κ2) is 9.03. The van der Waals surface area contributed by atoms with Crippen molar-refractivity contribution < 1.29 is 9.59 Å². The number of benzene rings is 1. The zero-order valence-electron chi connectivity index (χ0n) is 16.3. The fourth-order valence-electron chi connectivity index (χ4n) is 3.89. The molecule has 0 unspecified atom stereocenters. The lowest BCUT2D eigenvalue weighted by atomic mass is 9.98. The maximum absolute atomic E-state index is 12.9. The van der Waals surface area contributed by atoms with E-state index < -0.39 is 6.04 Å². The fourth-order valence-corrected chi connectivity index (χ4v) is 5.67. The van der Waals surface area contributed by atoms with Crippen LogP contribution in [0, 0.1) is 0 Å². The van der Waals surface area contributed by atoms with Crippen molar-refractivity contribution in [2.24, 2.45) is 0 Å². The van der Waals surface area contributed by atoms with Crippen LogP contribution in [-0.2, 0) is 22.4 Å². The normalized spacial score (nSPS) is 17.5. The molecule has 0 saturated heterocycles. The number of Topliss-reactive ketones (excluding diaryl/α,β-unsaturated/α-hetero) is 1. The van der Waals surface area contributed by atoms with Gasteiger partial charge in [-0.15, -0.1) is 22.7 Å². The summed E-state index contributed by atoms with van der Waals surface area (Å²) < 4.78 is 0. The summed E-state index contributed by atoms with van der Waals surface area (Å²) in [6.07, 6.45) is 1.48. The molecule has 4 rings (SSSR count). The highest BCUT2D eigenvalue weighted by Crippen LogP contribution is 2.39. The molecule has 0 aliphatic carbocycles. The molecule has 29 heavy (non-hydrogen) atoms. The molecule has 0 spiro atoms. The van der Waals surface area contributed by atoms with E-state index in [9.17, 15) is 9.59 Å². The van der Waals surface area contributed by atoms with Crippen LogP contribution in [0.1, 0.15) is 33.8 Å². The summed E-state index contributed by atoms with van der Waals surface area (Å²) in [7, 11) is 0. The zero-order chi connectivity index (χ0) is 20.2. The molecule has 6 heteroatoms. The molecule has 0 saturated carbocycles. The summed E-state index contributed by atoms with van der Waals surface area (Å²) in [5.74, 6) is -0.114. The third-order valence-corrected chi connectivity index (χ3v) is 7.25. The van der Waals surface area contributed by atoms with Crippen molar-refractivity contribution in [1.82, 2.24) is 10.2 Å². The van der Waals surface area contributed by atoms with Crippen LogP contribution in [0.4, 0.5) is 0 Å². The second-order valence-corrected chi connectivity index (χ2v) is 9.34. The summed E-state index contributed by atoms with van der Waals surface area (Å²) >= 11 is 3.52. The van der Waals surface area contributed by atoms with Crippen LogP contribution in [-0.4, -0.2) is 35.7 Å². The van der Waals surface area contributed by atoms with Crippen molar-refractivity contribution >= 4 is 34.4 Å². The van der Waals surface area contributed by atoms with Gasteiger partial charge in [0.05, 0.1) is 18.6 Å². The highest BCUT2D eigenvalue weighted by molar-refractivity contribution is 7.10. The predicted octanol–water partition coefficient (Wildman–Crippen LogP) is 4.07. The van der Waals surface area contributed by atoms with E-state index in [-0.39, 0.29) is 24.3 Å². The van der Waals surface area contributed by atoms with E-state index >= 15 is 0 Å². The Morgan fingerprint density at radius 2 is 1.93 bits per heavy atom. The van der Waals surface area contributed by atoms with Gasteiger partial charge >= 0.3 is 0 Å². The van der Waals surface area contributed by atoms with Gasteiger partial charge in [-0.1, -0.05) is 36.4 Å². The molecule has 2 atom stereocenters. The number of hydrogen-bond acceptors (Lipinski definition) is 5. The number of ketones is 1. The molecule has 3 heterocycles. The van der Waals surface area contributed by atoms with E-state index in [1.807, 2.05) is 30.3 Å². The molecule has 1 aliphatic rings. The van der Waals surface area contributed by atoms with Crippen molar-refractivity contribution in [1.29, 1.82) is 0 Å². The van der Waals surface area contributed by atoms with Crippen LogP contribution >= 0.6 is 22.7 Å². The number of carbonyl (C=O) groups excluding carboxylic acids is 2. The minimum Gasteiger partial charge on any atom is -0.345 e. The Bertz CT molecular complexity index is 966. The lowest BCUT2D eigenvalue weighted by Crippen LogP contribution is -2.48. The predicted molar refractivity (Wildman–Crippen MR) is 119 cm³/mol. The first kappa shape index (κ1) is 20.0. The Labute approximate surface area is 179 Å². The van der Waals surface area contributed by atoms with Gasteiger partial charge in [0.25, 0.3) is 0 Å². The number of hydrogen-bond donors (Lipinski definition) is 1. The third kappa shape index (κ3) is 4.66. The number of amides is 1. The van der Waals surface area contributed by atoms with E-state index in [4.69, 9.17) is 0 Å². The molecule has 1 aliphatic heterocycles. The number of nitrogens with one attached hydrogen (secondary N) is 1. The lowest BCUT2D eigenvalue weighted by Gasteiger charge is -2.35. The quantitative estimate of drug-likeness (QED) is 0.622. The molecule has 1 amide bonds. The maximum atomic E-state index is 12.9. The van der Waals surface area contributed by atoms with Gasteiger partial charge in [0.15, 0.2) is 5.78 Å². The van der Waals surface area contributed by atoms with Crippen molar-refractivity contribution in [2.75, 3.05) is 13.1 Å².